The summed E-state index contributed by atoms with van der Waals surface area (Å²) in [5.74, 6) is 0. The van der Waals surface area contributed by atoms with E-state index in [0.29, 0.717) is 0 Å². The van der Waals surface area contributed by atoms with Gasteiger partial charge in [-0.2, -0.15) is 0 Å². The van der Waals surface area contributed by atoms with Crippen LogP contribution in [0.15, 0.2) is 48.5 Å². The maximum absolute atomic E-state index is 2.29. The molecule has 2 aromatic carbocycles. The Hall–Kier alpha value is -0.924. The summed E-state index contributed by atoms with van der Waals surface area (Å²) in [4.78, 5) is 0. The molecule has 74 valence electrons. The summed E-state index contributed by atoms with van der Waals surface area (Å²) in [7, 11) is 0. The number of hydrogen-bond acceptors (Lipinski definition) is 0. The number of aryl methyl sites for hydroxylation is 2. The molecule has 0 atom stereocenters. The number of hydrogen-bond donors (Lipinski definition) is 0. The second kappa shape index (κ2) is 4.73. The van der Waals surface area contributed by atoms with Gasteiger partial charge in [-0.3, -0.25) is 0 Å². The van der Waals surface area contributed by atoms with Gasteiger partial charge in [0.05, 0.1) is 0 Å². The van der Waals surface area contributed by atoms with Crippen LogP contribution in [0.2, 0.25) is 0 Å². The fraction of sp³-hybridized carbons (Fsp3) is 0.143. The van der Waals surface area contributed by atoms with Crippen LogP contribution in [0.4, 0.5) is 0 Å². The molecule has 0 nitrogen and oxygen atoms in total. The van der Waals surface area contributed by atoms with Crippen molar-refractivity contribution >= 4 is 25.6 Å². The second-order valence-corrected chi connectivity index (χ2v) is 8.32. The van der Waals surface area contributed by atoms with Crippen molar-refractivity contribution in [3.8, 4) is 0 Å². The van der Waals surface area contributed by atoms with E-state index >= 15 is 0 Å². The average Bonchev–Trinajstić information content (AvgIpc) is 2.25. The van der Waals surface area contributed by atoms with Gasteiger partial charge in [0.2, 0.25) is 0 Å². The first-order valence-electron chi connectivity index (χ1n) is 5.35. The van der Waals surface area contributed by atoms with E-state index in [1.165, 1.54) is 11.1 Å². The molecule has 0 aliphatic rings. The Labute approximate surface area is 99.1 Å². The van der Waals surface area contributed by atoms with Crippen LogP contribution in [0.3, 0.4) is 0 Å². The molecule has 0 aliphatic heterocycles. The van der Waals surface area contributed by atoms with Crippen molar-refractivity contribution < 1.29 is 0 Å². The first-order chi connectivity index (χ1) is 7.24. The third-order valence-electron chi connectivity index (χ3n) is 2.65. The van der Waals surface area contributed by atoms with E-state index in [4.69, 9.17) is 0 Å². The third-order valence-corrected chi connectivity index (χ3v) is 6.34. The van der Waals surface area contributed by atoms with Crippen LogP contribution in [0.5, 0.6) is 0 Å². The molecular formula is C14H15Ga. The fourth-order valence-corrected chi connectivity index (χ4v) is 4.61. The molecule has 0 aliphatic carbocycles. The van der Waals surface area contributed by atoms with Gasteiger partial charge in [0.25, 0.3) is 0 Å². The van der Waals surface area contributed by atoms with Gasteiger partial charge in [-0.25, -0.2) is 0 Å². The Bertz CT molecular complexity index is 382. The van der Waals surface area contributed by atoms with Gasteiger partial charge < -0.3 is 0 Å². The zero-order valence-electron chi connectivity index (χ0n) is 9.33. The minimum absolute atomic E-state index is 0.719. The van der Waals surface area contributed by atoms with E-state index < -0.39 is 17.4 Å². The molecule has 1 heteroatoms. The average molecular weight is 253 g/mol. The summed E-state index contributed by atoms with van der Waals surface area (Å²) >= 11 is -0.719. The van der Waals surface area contributed by atoms with E-state index in [1.807, 2.05) is 0 Å². The summed E-state index contributed by atoms with van der Waals surface area (Å²) < 4.78 is 3.13. The number of benzene rings is 2. The number of rotatable bonds is 2. The summed E-state index contributed by atoms with van der Waals surface area (Å²) in [6.45, 7) is 4.28. The van der Waals surface area contributed by atoms with Gasteiger partial charge in [-0.05, 0) is 0 Å². The monoisotopic (exact) mass is 252 g/mol. The van der Waals surface area contributed by atoms with Gasteiger partial charge in [-0.1, -0.05) is 0 Å². The first kappa shape index (κ1) is 10.6. The van der Waals surface area contributed by atoms with E-state index in [9.17, 15) is 0 Å². The quantitative estimate of drug-likeness (QED) is 0.714. The van der Waals surface area contributed by atoms with Crippen molar-refractivity contribution in [3.05, 3.63) is 59.7 Å². The minimum atomic E-state index is -0.719. The zero-order chi connectivity index (χ0) is 10.7. The predicted molar refractivity (Wildman–Crippen MR) is 68.8 cm³/mol. The molecule has 2 aromatic rings. The fourth-order valence-electron chi connectivity index (χ4n) is 1.65. The van der Waals surface area contributed by atoms with Crippen molar-refractivity contribution in [2.45, 2.75) is 13.8 Å². The molecule has 0 amide bonds. The predicted octanol–water partition coefficient (Wildman–Crippen LogP) is 1.69. The van der Waals surface area contributed by atoms with Crippen molar-refractivity contribution in [3.63, 3.8) is 0 Å². The Kier molecular flexibility index (Phi) is 3.34. The molecule has 2 rings (SSSR count). The van der Waals surface area contributed by atoms with Gasteiger partial charge in [0.1, 0.15) is 0 Å². The van der Waals surface area contributed by atoms with E-state index in [1.54, 1.807) is 8.24 Å². The standard InChI is InChI=1S/2C7H7.Ga.H/c2*1-7-5-3-2-4-6-7;;/h2*3-6H,1H3;;. The van der Waals surface area contributed by atoms with Gasteiger partial charge >= 0.3 is 99.1 Å². The van der Waals surface area contributed by atoms with Crippen molar-refractivity contribution in [2.24, 2.45) is 0 Å². The Morgan fingerprint density at radius 1 is 0.600 bits per heavy atom. The molecule has 0 aromatic heterocycles. The van der Waals surface area contributed by atoms with Crippen LogP contribution in [-0.4, -0.2) is 17.4 Å². The van der Waals surface area contributed by atoms with Crippen LogP contribution in [0, 0.1) is 13.8 Å². The Morgan fingerprint density at radius 3 is 1.27 bits per heavy atom. The zero-order valence-corrected chi connectivity index (χ0v) is 12.3. The molecule has 0 heterocycles. The van der Waals surface area contributed by atoms with Crippen molar-refractivity contribution in [2.75, 3.05) is 0 Å². The molecule has 0 N–H and O–H groups in total. The van der Waals surface area contributed by atoms with Crippen LogP contribution < -0.4 is 8.24 Å². The Morgan fingerprint density at radius 2 is 0.933 bits per heavy atom. The molecule has 0 unspecified atom stereocenters. The molecule has 15 heavy (non-hydrogen) atoms. The molecule has 0 fully saturated rings. The van der Waals surface area contributed by atoms with Crippen LogP contribution in [-0.2, 0) is 0 Å². The summed E-state index contributed by atoms with van der Waals surface area (Å²) in [5, 5.41) is 0. The van der Waals surface area contributed by atoms with Crippen LogP contribution >= 0.6 is 0 Å². The van der Waals surface area contributed by atoms with E-state index in [-0.39, 0.29) is 0 Å². The Balaban J connectivity index is 2.15. The second-order valence-electron chi connectivity index (χ2n) is 4.15. The van der Waals surface area contributed by atoms with Crippen molar-refractivity contribution in [1.29, 1.82) is 0 Å². The molecule has 0 spiro atoms. The van der Waals surface area contributed by atoms with Crippen molar-refractivity contribution in [1.82, 2.24) is 0 Å². The van der Waals surface area contributed by atoms with Gasteiger partial charge in [0, 0.05) is 0 Å². The molecule has 0 radical (unpaired) electrons. The molecular weight excluding hydrogens is 238 g/mol. The molecule has 0 bridgehead atoms. The van der Waals surface area contributed by atoms with Gasteiger partial charge in [-0.15, -0.1) is 0 Å². The maximum atomic E-state index is 2.29. The summed E-state index contributed by atoms with van der Waals surface area (Å²) in [5.41, 5.74) is 2.70. The SMILES string of the molecule is Cc1cc[c]([GaH][c]2ccc(C)cc2)cc1. The third kappa shape index (κ3) is 3.01. The normalized spacial score (nSPS) is 10.0. The van der Waals surface area contributed by atoms with E-state index in [2.05, 4.69) is 62.4 Å². The summed E-state index contributed by atoms with van der Waals surface area (Å²) in [6.07, 6.45) is 0. The molecule has 0 saturated heterocycles. The summed E-state index contributed by atoms with van der Waals surface area (Å²) in [6, 6.07) is 18.0. The topological polar surface area (TPSA) is 0 Å². The van der Waals surface area contributed by atoms with Crippen LogP contribution in [0.25, 0.3) is 0 Å². The van der Waals surface area contributed by atoms with E-state index in [0.717, 1.165) is 0 Å². The molecule has 0 saturated carbocycles. The first-order valence-corrected chi connectivity index (χ1v) is 8.32. The van der Waals surface area contributed by atoms with Gasteiger partial charge in [0.15, 0.2) is 0 Å². The van der Waals surface area contributed by atoms with Crippen LogP contribution in [0.1, 0.15) is 11.1 Å².